The fourth-order valence-corrected chi connectivity index (χ4v) is 1.53. The van der Waals surface area contributed by atoms with Gasteiger partial charge in [-0.1, -0.05) is 0 Å². The molecule has 1 aliphatic rings. The summed E-state index contributed by atoms with van der Waals surface area (Å²) in [5.74, 6) is -0.991. The van der Waals surface area contributed by atoms with Gasteiger partial charge in [0, 0.05) is 0 Å². The van der Waals surface area contributed by atoms with Crippen LogP contribution in [0.5, 0.6) is 0 Å². The molecule has 4 heteroatoms. The van der Waals surface area contributed by atoms with Crippen molar-refractivity contribution in [2.75, 3.05) is 0 Å². The number of hydrogen-bond donors (Lipinski definition) is 0. The number of cyclic esters (lactones) is 2. The van der Waals surface area contributed by atoms with Gasteiger partial charge in [-0.2, -0.15) is 0 Å². The van der Waals surface area contributed by atoms with Crippen LogP contribution in [0.2, 0.25) is 4.08 Å². The van der Waals surface area contributed by atoms with Crippen molar-refractivity contribution in [2.45, 2.75) is 10.5 Å². The summed E-state index contributed by atoms with van der Waals surface area (Å²) in [7, 11) is 0. The van der Waals surface area contributed by atoms with Crippen LogP contribution in [0, 0.1) is 0 Å². The maximum atomic E-state index is 10.7. The molecule has 0 atom stereocenters. The van der Waals surface area contributed by atoms with Gasteiger partial charge in [0.15, 0.2) is 0 Å². The standard InChI is InChI=1S/C6H5O3.Po/c1-2-4-3-5(7)9-6(4)8;/h3H,1-2H2;. The van der Waals surface area contributed by atoms with Crippen molar-refractivity contribution < 1.29 is 14.3 Å². The Morgan fingerprint density at radius 2 is 2.20 bits per heavy atom. The molecule has 1 rings (SSSR count). The third-order valence-corrected chi connectivity index (χ3v) is 1.91. The van der Waals surface area contributed by atoms with Crippen molar-refractivity contribution in [2.24, 2.45) is 0 Å². The van der Waals surface area contributed by atoms with Crippen LogP contribution >= 0.6 is 0 Å². The van der Waals surface area contributed by atoms with Gasteiger partial charge in [0.25, 0.3) is 0 Å². The molecule has 1 radical (unpaired) electrons. The first-order chi connectivity index (χ1) is 4.74. The number of carbonyl (C=O) groups is 2. The summed E-state index contributed by atoms with van der Waals surface area (Å²) in [6.45, 7) is 0. The molecule has 0 unspecified atom stereocenters. The van der Waals surface area contributed by atoms with Crippen molar-refractivity contribution >= 4 is 37.0 Å². The predicted molar refractivity (Wildman–Crippen MR) is 34.4 cm³/mol. The molecule has 0 aliphatic carbocycles. The summed E-state index contributed by atoms with van der Waals surface area (Å²) < 4.78 is 5.20. The van der Waals surface area contributed by atoms with E-state index >= 15 is 0 Å². The van der Waals surface area contributed by atoms with Crippen molar-refractivity contribution in [3.05, 3.63) is 11.6 Å². The number of ether oxygens (including phenoxy) is 1. The van der Waals surface area contributed by atoms with E-state index in [0.29, 0.717) is 12.0 Å². The van der Waals surface area contributed by atoms with Gasteiger partial charge in [-0.3, -0.25) is 0 Å². The second kappa shape index (κ2) is 3.25. The zero-order chi connectivity index (χ0) is 7.56. The Morgan fingerprint density at radius 3 is 2.60 bits per heavy atom. The molecule has 1 heterocycles. The van der Waals surface area contributed by atoms with Gasteiger partial charge < -0.3 is 0 Å². The Morgan fingerprint density at radius 1 is 1.50 bits per heavy atom. The van der Waals surface area contributed by atoms with Crippen LogP contribution in [-0.4, -0.2) is 37.0 Å². The van der Waals surface area contributed by atoms with Gasteiger partial charge in [-0.15, -0.1) is 0 Å². The maximum absolute atomic E-state index is 10.7. The quantitative estimate of drug-likeness (QED) is 0.526. The molecule has 3 nitrogen and oxygen atoms in total. The van der Waals surface area contributed by atoms with E-state index in [2.05, 4.69) is 4.74 Å². The zero-order valence-electron chi connectivity index (χ0n) is 5.12. The SMILES string of the molecule is O=C1C=C(C[CH2][Po])C(=O)O1. The number of rotatable bonds is 2. The summed E-state index contributed by atoms with van der Waals surface area (Å²) >= 11 is 1.41. The molecule has 1 aliphatic heterocycles. The van der Waals surface area contributed by atoms with Gasteiger partial charge in [0.1, 0.15) is 0 Å². The molecule has 0 aromatic carbocycles. The van der Waals surface area contributed by atoms with E-state index in [1.807, 2.05) is 0 Å². The Balaban J connectivity index is 2.65. The van der Waals surface area contributed by atoms with Crippen LogP contribution in [0.1, 0.15) is 6.42 Å². The molecule has 0 aromatic rings. The molecule has 0 bridgehead atoms. The topological polar surface area (TPSA) is 43.4 Å². The van der Waals surface area contributed by atoms with E-state index in [0.717, 1.165) is 4.08 Å². The first-order valence-electron chi connectivity index (χ1n) is 2.79. The third-order valence-electron chi connectivity index (χ3n) is 1.12. The van der Waals surface area contributed by atoms with Crippen LogP contribution in [-0.2, 0) is 14.3 Å². The van der Waals surface area contributed by atoms with Crippen LogP contribution < -0.4 is 0 Å². The van der Waals surface area contributed by atoms with Gasteiger partial charge in [0.2, 0.25) is 0 Å². The van der Waals surface area contributed by atoms with Crippen molar-refractivity contribution in [3.8, 4) is 0 Å². The van der Waals surface area contributed by atoms with E-state index < -0.39 is 11.9 Å². The van der Waals surface area contributed by atoms with Crippen LogP contribution in [0.25, 0.3) is 0 Å². The molecule has 0 saturated heterocycles. The molecule has 0 aromatic heterocycles. The van der Waals surface area contributed by atoms with Crippen LogP contribution in [0.3, 0.4) is 0 Å². The van der Waals surface area contributed by atoms with Crippen LogP contribution in [0.15, 0.2) is 11.6 Å². The summed E-state index contributed by atoms with van der Waals surface area (Å²) in [6.07, 6.45) is 1.94. The Labute approximate surface area is 73.6 Å². The first kappa shape index (κ1) is 7.88. The van der Waals surface area contributed by atoms with E-state index in [1.165, 1.54) is 31.1 Å². The Kier molecular flexibility index (Phi) is 2.56. The van der Waals surface area contributed by atoms with Crippen molar-refractivity contribution in [3.63, 3.8) is 0 Å². The van der Waals surface area contributed by atoms with Crippen LogP contribution in [0.4, 0.5) is 0 Å². The van der Waals surface area contributed by atoms with Gasteiger partial charge in [-0.05, 0) is 0 Å². The minimum atomic E-state index is -0.525. The molecular weight excluding hydrogens is 329 g/mol. The number of hydrogen-bond acceptors (Lipinski definition) is 3. The fourth-order valence-electron chi connectivity index (χ4n) is 0.672. The summed E-state index contributed by atoms with van der Waals surface area (Å²) in [6, 6.07) is 0. The Bertz CT molecular complexity index is 207. The third kappa shape index (κ3) is 1.64. The normalized spacial score (nSPS) is 17.1. The molecule has 0 fully saturated rings. The van der Waals surface area contributed by atoms with Crippen molar-refractivity contribution in [1.29, 1.82) is 0 Å². The van der Waals surface area contributed by atoms with E-state index in [1.54, 1.807) is 0 Å². The molecule has 0 saturated carbocycles. The van der Waals surface area contributed by atoms with E-state index in [-0.39, 0.29) is 0 Å². The van der Waals surface area contributed by atoms with Crippen molar-refractivity contribution in [1.82, 2.24) is 0 Å². The first-order valence-corrected chi connectivity index (χ1v) is 5.03. The molecule has 10 heavy (non-hydrogen) atoms. The minimum absolute atomic E-state index is 0.466. The summed E-state index contributed by atoms with van der Waals surface area (Å²) in [4.78, 5) is 21.1. The monoisotopic (exact) mass is 334 g/mol. The molecular formula is C6H5O3Po. The average molecular weight is 334 g/mol. The van der Waals surface area contributed by atoms with E-state index in [4.69, 9.17) is 0 Å². The fraction of sp³-hybridized carbons (Fsp3) is 0.333. The average Bonchev–Trinajstić information content (AvgIpc) is 2.13. The molecule has 53 valence electrons. The molecule has 0 amide bonds. The van der Waals surface area contributed by atoms with Gasteiger partial charge >= 0.3 is 73.5 Å². The second-order valence-corrected chi connectivity index (χ2v) is 3.42. The van der Waals surface area contributed by atoms with Gasteiger partial charge in [0.05, 0.1) is 0 Å². The summed E-state index contributed by atoms with van der Waals surface area (Å²) in [5.41, 5.74) is 0.514. The number of esters is 2. The van der Waals surface area contributed by atoms with E-state index in [9.17, 15) is 9.59 Å². The molecule has 0 spiro atoms. The zero-order valence-corrected chi connectivity index (χ0v) is 8.30. The van der Waals surface area contributed by atoms with Gasteiger partial charge in [-0.25, -0.2) is 0 Å². The second-order valence-electron chi connectivity index (χ2n) is 1.83. The number of carbonyl (C=O) groups excluding carboxylic acids is 2. The molecule has 0 N–H and O–H groups in total. The predicted octanol–water partition coefficient (Wildman–Crippen LogP) is -0.0269. The Hall–Kier alpha value is -0.224. The summed E-state index contributed by atoms with van der Waals surface area (Å²) in [5, 5.41) is 0.